The van der Waals surface area contributed by atoms with Gasteiger partial charge in [0.05, 0.1) is 12.3 Å². The van der Waals surface area contributed by atoms with Crippen molar-refractivity contribution in [2.75, 3.05) is 13.1 Å². The second kappa shape index (κ2) is 5.29. The van der Waals surface area contributed by atoms with Gasteiger partial charge in [-0.25, -0.2) is 4.79 Å². The Bertz CT molecular complexity index is 272. The average Bonchev–Trinajstić information content (AvgIpc) is 2.64. The molecular formula is C9H15N3O2. The molecule has 78 valence electrons. The highest BCUT2D eigenvalue weighted by Crippen LogP contribution is 2.11. The lowest BCUT2D eigenvalue weighted by molar-refractivity contribution is 0.248. The maximum absolute atomic E-state index is 10.3. The summed E-state index contributed by atoms with van der Waals surface area (Å²) < 4.78 is 5.20. The SMILES string of the molecule is CC(NCCNC(N)=O)c1ccco1. The van der Waals surface area contributed by atoms with Crippen molar-refractivity contribution in [3.05, 3.63) is 24.2 Å². The molecule has 0 spiro atoms. The molecule has 0 aliphatic heterocycles. The van der Waals surface area contributed by atoms with Gasteiger partial charge in [-0.15, -0.1) is 0 Å². The molecule has 1 atom stereocenters. The summed E-state index contributed by atoms with van der Waals surface area (Å²) in [5.41, 5.74) is 4.91. The van der Waals surface area contributed by atoms with Gasteiger partial charge in [-0.3, -0.25) is 0 Å². The van der Waals surface area contributed by atoms with Crippen LogP contribution in [0.25, 0.3) is 0 Å². The molecule has 0 saturated carbocycles. The average molecular weight is 197 g/mol. The highest BCUT2D eigenvalue weighted by molar-refractivity contribution is 5.71. The molecule has 0 fully saturated rings. The quantitative estimate of drug-likeness (QED) is 0.604. The molecule has 4 N–H and O–H groups in total. The van der Waals surface area contributed by atoms with Gasteiger partial charge in [-0.05, 0) is 19.1 Å². The van der Waals surface area contributed by atoms with E-state index < -0.39 is 6.03 Å². The Labute approximate surface area is 82.7 Å². The molecule has 1 rings (SSSR count). The molecule has 0 saturated heterocycles. The standard InChI is InChI=1S/C9H15N3O2/c1-7(8-3-2-6-14-8)11-4-5-12-9(10)13/h2-3,6-7,11H,4-5H2,1H3,(H3,10,12,13). The van der Waals surface area contributed by atoms with Crippen LogP contribution >= 0.6 is 0 Å². The Morgan fingerprint density at radius 3 is 3.00 bits per heavy atom. The van der Waals surface area contributed by atoms with Gasteiger partial charge in [-0.1, -0.05) is 0 Å². The maximum atomic E-state index is 10.3. The summed E-state index contributed by atoms with van der Waals surface area (Å²) in [6, 6.07) is 3.38. The van der Waals surface area contributed by atoms with Gasteiger partial charge in [-0.2, -0.15) is 0 Å². The molecule has 1 aromatic heterocycles. The van der Waals surface area contributed by atoms with Gasteiger partial charge >= 0.3 is 6.03 Å². The largest absolute Gasteiger partial charge is 0.468 e. The molecule has 5 nitrogen and oxygen atoms in total. The van der Waals surface area contributed by atoms with E-state index in [0.29, 0.717) is 13.1 Å². The van der Waals surface area contributed by atoms with E-state index in [9.17, 15) is 4.79 Å². The van der Waals surface area contributed by atoms with E-state index in [1.165, 1.54) is 0 Å². The molecule has 0 bridgehead atoms. The number of hydrogen-bond acceptors (Lipinski definition) is 3. The lowest BCUT2D eigenvalue weighted by Crippen LogP contribution is -2.35. The fourth-order valence-corrected chi connectivity index (χ4v) is 1.11. The van der Waals surface area contributed by atoms with E-state index in [4.69, 9.17) is 10.2 Å². The predicted octanol–water partition coefficient (Wildman–Crippen LogP) is 0.598. The first-order valence-corrected chi connectivity index (χ1v) is 4.50. The molecule has 5 heteroatoms. The number of furan rings is 1. The zero-order valence-corrected chi connectivity index (χ0v) is 8.12. The summed E-state index contributed by atoms with van der Waals surface area (Å²) in [5.74, 6) is 0.879. The number of primary amides is 1. The first kappa shape index (κ1) is 10.6. The summed E-state index contributed by atoms with van der Waals surface area (Å²) in [4.78, 5) is 10.3. The predicted molar refractivity (Wildman–Crippen MR) is 52.7 cm³/mol. The number of hydrogen-bond donors (Lipinski definition) is 3. The maximum Gasteiger partial charge on any atom is 0.312 e. The Balaban J connectivity index is 2.16. The zero-order valence-electron chi connectivity index (χ0n) is 8.12. The molecule has 1 heterocycles. The van der Waals surface area contributed by atoms with Crippen molar-refractivity contribution >= 4 is 6.03 Å². The molecule has 0 aliphatic carbocycles. The molecule has 0 radical (unpaired) electrons. The molecule has 1 unspecified atom stereocenters. The Hall–Kier alpha value is -1.49. The summed E-state index contributed by atoms with van der Waals surface area (Å²) in [5, 5.41) is 5.67. The van der Waals surface area contributed by atoms with Crippen LogP contribution in [-0.4, -0.2) is 19.1 Å². The first-order valence-electron chi connectivity index (χ1n) is 4.50. The molecule has 14 heavy (non-hydrogen) atoms. The normalized spacial score (nSPS) is 12.4. The van der Waals surface area contributed by atoms with Crippen LogP contribution in [0, 0.1) is 0 Å². The van der Waals surface area contributed by atoms with E-state index in [-0.39, 0.29) is 6.04 Å². The van der Waals surface area contributed by atoms with Crippen molar-refractivity contribution < 1.29 is 9.21 Å². The van der Waals surface area contributed by atoms with Crippen LogP contribution in [0.1, 0.15) is 18.7 Å². The van der Waals surface area contributed by atoms with Crippen LogP contribution < -0.4 is 16.4 Å². The summed E-state index contributed by atoms with van der Waals surface area (Å²) in [7, 11) is 0. The second-order valence-corrected chi connectivity index (χ2v) is 2.98. The van der Waals surface area contributed by atoms with E-state index >= 15 is 0 Å². The van der Waals surface area contributed by atoms with Gasteiger partial charge in [0.25, 0.3) is 0 Å². The van der Waals surface area contributed by atoms with Gasteiger partial charge in [0.2, 0.25) is 0 Å². The van der Waals surface area contributed by atoms with Gasteiger partial charge in [0.15, 0.2) is 0 Å². The van der Waals surface area contributed by atoms with Crippen molar-refractivity contribution in [2.45, 2.75) is 13.0 Å². The topological polar surface area (TPSA) is 80.3 Å². The highest BCUT2D eigenvalue weighted by Gasteiger charge is 2.05. The Morgan fingerprint density at radius 2 is 2.43 bits per heavy atom. The first-order chi connectivity index (χ1) is 6.70. The number of rotatable bonds is 5. The van der Waals surface area contributed by atoms with Crippen molar-refractivity contribution in [3.8, 4) is 0 Å². The van der Waals surface area contributed by atoms with E-state index in [1.807, 2.05) is 19.1 Å². The van der Waals surface area contributed by atoms with Crippen LogP contribution in [0.4, 0.5) is 4.79 Å². The summed E-state index contributed by atoms with van der Waals surface area (Å²) in [6.07, 6.45) is 1.63. The van der Waals surface area contributed by atoms with Crippen molar-refractivity contribution in [2.24, 2.45) is 5.73 Å². The minimum Gasteiger partial charge on any atom is -0.468 e. The van der Waals surface area contributed by atoms with Crippen LogP contribution in [-0.2, 0) is 0 Å². The minimum absolute atomic E-state index is 0.139. The second-order valence-electron chi connectivity index (χ2n) is 2.98. The van der Waals surface area contributed by atoms with E-state index in [2.05, 4.69) is 10.6 Å². The highest BCUT2D eigenvalue weighted by atomic mass is 16.3. The zero-order chi connectivity index (χ0) is 10.4. The summed E-state index contributed by atoms with van der Waals surface area (Å²) >= 11 is 0. The lowest BCUT2D eigenvalue weighted by Gasteiger charge is -2.10. The minimum atomic E-state index is -0.502. The summed E-state index contributed by atoms with van der Waals surface area (Å²) in [6.45, 7) is 3.16. The van der Waals surface area contributed by atoms with Crippen molar-refractivity contribution in [1.29, 1.82) is 0 Å². The van der Waals surface area contributed by atoms with Gasteiger partial charge in [0.1, 0.15) is 5.76 Å². The van der Waals surface area contributed by atoms with Gasteiger partial charge in [0, 0.05) is 13.1 Å². The van der Waals surface area contributed by atoms with Gasteiger partial charge < -0.3 is 20.8 Å². The van der Waals surface area contributed by atoms with E-state index in [1.54, 1.807) is 6.26 Å². The number of amides is 2. The Kier molecular flexibility index (Phi) is 4.00. The van der Waals surface area contributed by atoms with Crippen LogP contribution in [0.15, 0.2) is 22.8 Å². The number of urea groups is 1. The monoisotopic (exact) mass is 197 g/mol. The number of nitrogens with one attached hydrogen (secondary N) is 2. The van der Waals surface area contributed by atoms with E-state index in [0.717, 1.165) is 5.76 Å². The fourth-order valence-electron chi connectivity index (χ4n) is 1.11. The molecule has 1 aromatic rings. The third kappa shape index (κ3) is 3.49. The molecule has 2 amide bonds. The smallest absolute Gasteiger partial charge is 0.312 e. The lowest BCUT2D eigenvalue weighted by atomic mass is 10.2. The molecule has 0 aromatic carbocycles. The van der Waals surface area contributed by atoms with Crippen LogP contribution in [0.2, 0.25) is 0 Å². The van der Waals surface area contributed by atoms with Crippen molar-refractivity contribution in [3.63, 3.8) is 0 Å². The number of carbonyl (C=O) groups excluding carboxylic acids is 1. The molecular weight excluding hydrogens is 182 g/mol. The molecule has 0 aliphatic rings. The number of nitrogens with two attached hydrogens (primary N) is 1. The third-order valence-electron chi connectivity index (χ3n) is 1.84. The fraction of sp³-hybridized carbons (Fsp3) is 0.444. The van der Waals surface area contributed by atoms with Crippen molar-refractivity contribution in [1.82, 2.24) is 10.6 Å². The van der Waals surface area contributed by atoms with Crippen LogP contribution in [0.3, 0.4) is 0 Å². The number of carbonyl (C=O) groups is 1. The van der Waals surface area contributed by atoms with Crippen LogP contribution in [0.5, 0.6) is 0 Å². The third-order valence-corrected chi connectivity index (χ3v) is 1.84. The Morgan fingerprint density at radius 1 is 1.64 bits per heavy atom.